The molecule has 0 bridgehead atoms. The quantitative estimate of drug-likeness (QED) is 0.597. The van der Waals surface area contributed by atoms with Crippen molar-refractivity contribution in [3.8, 4) is 0 Å². The van der Waals surface area contributed by atoms with Crippen LogP contribution < -0.4 is 5.32 Å². The Hall–Kier alpha value is -2.73. The molecule has 0 saturated heterocycles. The van der Waals surface area contributed by atoms with Crippen molar-refractivity contribution in [1.29, 1.82) is 0 Å². The number of nitrogens with one attached hydrogen (secondary N) is 1. The van der Waals surface area contributed by atoms with Gasteiger partial charge in [0.25, 0.3) is 11.6 Å². The standard InChI is InChI=1S/C19H22N2O4/c1-13-10-17(21(24)25)8-9-18(13)19(23)20-12-16(11-14(2)22)15-6-4-3-5-7-15/h3-10,14,16,22H,11-12H2,1-2H3,(H,20,23). The van der Waals surface area contributed by atoms with Gasteiger partial charge in [-0.05, 0) is 37.5 Å². The molecule has 0 radical (unpaired) electrons. The minimum Gasteiger partial charge on any atom is -0.393 e. The topological polar surface area (TPSA) is 92.5 Å². The molecule has 2 unspecified atom stereocenters. The molecule has 0 aliphatic carbocycles. The molecule has 2 rings (SSSR count). The molecule has 0 saturated carbocycles. The lowest BCUT2D eigenvalue weighted by molar-refractivity contribution is -0.384. The maximum atomic E-state index is 12.4. The minimum atomic E-state index is -0.483. The number of hydrogen-bond donors (Lipinski definition) is 2. The first kappa shape index (κ1) is 18.6. The molecule has 1 amide bonds. The van der Waals surface area contributed by atoms with Gasteiger partial charge in [-0.1, -0.05) is 30.3 Å². The summed E-state index contributed by atoms with van der Waals surface area (Å²) in [6, 6.07) is 13.9. The third-order valence-corrected chi connectivity index (χ3v) is 4.07. The fraction of sp³-hybridized carbons (Fsp3) is 0.316. The van der Waals surface area contributed by atoms with Gasteiger partial charge in [-0.2, -0.15) is 0 Å². The summed E-state index contributed by atoms with van der Waals surface area (Å²) in [5.74, 6) is -0.289. The molecule has 6 nitrogen and oxygen atoms in total. The lowest BCUT2D eigenvalue weighted by atomic mass is 9.93. The monoisotopic (exact) mass is 342 g/mol. The number of amides is 1. The summed E-state index contributed by atoms with van der Waals surface area (Å²) in [5.41, 5.74) is 1.97. The Morgan fingerprint density at radius 3 is 2.48 bits per heavy atom. The van der Waals surface area contributed by atoms with Crippen LogP contribution in [0.5, 0.6) is 0 Å². The predicted octanol–water partition coefficient (Wildman–Crippen LogP) is 3.19. The number of hydrogen-bond acceptors (Lipinski definition) is 4. The van der Waals surface area contributed by atoms with E-state index in [2.05, 4.69) is 5.32 Å². The van der Waals surface area contributed by atoms with Crippen LogP contribution in [0.25, 0.3) is 0 Å². The third kappa shape index (κ3) is 5.12. The highest BCUT2D eigenvalue weighted by molar-refractivity contribution is 5.95. The van der Waals surface area contributed by atoms with Gasteiger partial charge in [-0.25, -0.2) is 0 Å². The van der Waals surface area contributed by atoms with Crippen molar-refractivity contribution in [1.82, 2.24) is 5.32 Å². The highest BCUT2D eigenvalue weighted by Crippen LogP contribution is 2.21. The van der Waals surface area contributed by atoms with Gasteiger partial charge in [0, 0.05) is 30.2 Å². The van der Waals surface area contributed by atoms with E-state index in [0.29, 0.717) is 24.1 Å². The molecule has 2 N–H and O–H groups in total. The molecule has 0 heterocycles. The fourth-order valence-electron chi connectivity index (χ4n) is 2.80. The van der Waals surface area contributed by atoms with E-state index in [0.717, 1.165) is 5.56 Å². The van der Waals surface area contributed by atoms with Crippen LogP contribution in [-0.4, -0.2) is 28.6 Å². The van der Waals surface area contributed by atoms with Crippen molar-refractivity contribution in [2.24, 2.45) is 0 Å². The number of carbonyl (C=O) groups is 1. The van der Waals surface area contributed by atoms with Gasteiger partial charge in [0.2, 0.25) is 0 Å². The number of non-ortho nitro benzene ring substituents is 1. The zero-order valence-corrected chi connectivity index (χ0v) is 14.3. The molecule has 2 aromatic rings. The summed E-state index contributed by atoms with van der Waals surface area (Å²) in [6.45, 7) is 3.77. The van der Waals surface area contributed by atoms with Gasteiger partial charge in [0.05, 0.1) is 11.0 Å². The lowest BCUT2D eigenvalue weighted by Crippen LogP contribution is -2.30. The van der Waals surface area contributed by atoms with Crippen LogP contribution in [-0.2, 0) is 0 Å². The molecule has 0 spiro atoms. The van der Waals surface area contributed by atoms with Crippen LogP contribution in [0.2, 0.25) is 0 Å². The Morgan fingerprint density at radius 1 is 1.24 bits per heavy atom. The van der Waals surface area contributed by atoms with E-state index in [1.807, 2.05) is 30.3 Å². The molecular weight excluding hydrogens is 320 g/mol. The van der Waals surface area contributed by atoms with E-state index in [-0.39, 0.29) is 17.5 Å². The Balaban J connectivity index is 2.09. The smallest absolute Gasteiger partial charge is 0.269 e. The Labute approximate surface area is 146 Å². The molecule has 0 aliphatic rings. The first-order chi connectivity index (χ1) is 11.9. The zero-order valence-electron chi connectivity index (χ0n) is 14.3. The summed E-state index contributed by atoms with van der Waals surface area (Å²) < 4.78 is 0. The molecule has 0 aromatic heterocycles. The van der Waals surface area contributed by atoms with E-state index in [1.54, 1.807) is 13.8 Å². The molecule has 2 atom stereocenters. The van der Waals surface area contributed by atoms with Crippen LogP contribution in [0.4, 0.5) is 5.69 Å². The first-order valence-corrected chi connectivity index (χ1v) is 8.14. The molecule has 2 aromatic carbocycles. The normalized spacial score (nSPS) is 13.1. The highest BCUT2D eigenvalue weighted by atomic mass is 16.6. The van der Waals surface area contributed by atoms with Gasteiger partial charge in [-0.3, -0.25) is 14.9 Å². The fourth-order valence-corrected chi connectivity index (χ4v) is 2.80. The summed E-state index contributed by atoms with van der Waals surface area (Å²) in [4.78, 5) is 22.7. The van der Waals surface area contributed by atoms with Gasteiger partial charge >= 0.3 is 0 Å². The second kappa shape index (κ2) is 8.39. The predicted molar refractivity (Wildman–Crippen MR) is 95.6 cm³/mol. The van der Waals surface area contributed by atoms with E-state index in [9.17, 15) is 20.0 Å². The zero-order chi connectivity index (χ0) is 18.4. The third-order valence-electron chi connectivity index (χ3n) is 4.07. The van der Waals surface area contributed by atoms with Crippen molar-refractivity contribution < 1.29 is 14.8 Å². The van der Waals surface area contributed by atoms with Crippen LogP contribution in [0, 0.1) is 17.0 Å². The second-order valence-electron chi connectivity index (χ2n) is 6.16. The summed E-state index contributed by atoms with van der Waals surface area (Å²) >= 11 is 0. The Bertz CT molecular complexity index is 744. The van der Waals surface area contributed by atoms with Crippen molar-refractivity contribution >= 4 is 11.6 Å². The molecule has 25 heavy (non-hydrogen) atoms. The number of aliphatic hydroxyl groups is 1. The van der Waals surface area contributed by atoms with Gasteiger partial charge in [-0.15, -0.1) is 0 Å². The largest absolute Gasteiger partial charge is 0.393 e. The van der Waals surface area contributed by atoms with Crippen LogP contribution in [0.1, 0.15) is 40.7 Å². The van der Waals surface area contributed by atoms with Crippen LogP contribution in [0.15, 0.2) is 48.5 Å². The van der Waals surface area contributed by atoms with Crippen LogP contribution >= 0.6 is 0 Å². The number of nitrogens with zero attached hydrogens (tertiary/aromatic N) is 1. The maximum Gasteiger partial charge on any atom is 0.269 e. The minimum absolute atomic E-state index is 0.0106. The second-order valence-corrected chi connectivity index (χ2v) is 6.16. The number of aryl methyl sites for hydroxylation is 1. The molecule has 132 valence electrons. The van der Waals surface area contributed by atoms with Crippen molar-refractivity contribution in [3.05, 3.63) is 75.3 Å². The number of aliphatic hydroxyl groups excluding tert-OH is 1. The molecular formula is C19H22N2O4. The number of benzene rings is 2. The summed E-state index contributed by atoms with van der Waals surface area (Å²) in [6.07, 6.45) is 0.0482. The average Bonchev–Trinajstić information content (AvgIpc) is 2.58. The average molecular weight is 342 g/mol. The number of nitro groups is 1. The van der Waals surface area contributed by atoms with Crippen molar-refractivity contribution in [2.75, 3.05) is 6.54 Å². The van der Waals surface area contributed by atoms with Gasteiger partial charge in [0.15, 0.2) is 0 Å². The van der Waals surface area contributed by atoms with Crippen LogP contribution in [0.3, 0.4) is 0 Å². The first-order valence-electron chi connectivity index (χ1n) is 8.14. The Kier molecular flexibility index (Phi) is 6.25. The highest BCUT2D eigenvalue weighted by Gasteiger charge is 2.18. The summed E-state index contributed by atoms with van der Waals surface area (Å²) in [5, 5.41) is 23.4. The number of nitro benzene ring substituents is 1. The van der Waals surface area contributed by atoms with Gasteiger partial charge < -0.3 is 10.4 Å². The van der Waals surface area contributed by atoms with E-state index in [1.165, 1.54) is 18.2 Å². The van der Waals surface area contributed by atoms with E-state index < -0.39 is 11.0 Å². The summed E-state index contributed by atoms with van der Waals surface area (Å²) in [7, 11) is 0. The number of rotatable bonds is 7. The lowest BCUT2D eigenvalue weighted by Gasteiger charge is -2.20. The maximum absolute atomic E-state index is 12.4. The van der Waals surface area contributed by atoms with Gasteiger partial charge in [0.1, 0.15) is 0 Å². The van der Waals surface area contributed by atoms with E-state index in [4.69, 9.17) is 0 Å². The SMILES string of the molecule is Cc1cc([N+](=O)[O-])ccc1C(=O)NCC(CC(C)O)c1ccccc1. The van der Waals surface area contributed by atoms with Crippen molar-refractivity contribution in [2.45, 2.75) is 32.3 Å². The Morgan fingerprint density at radius 2 is 1.92 bits per heavy atom. The molecule has 0 aliphatic heterocycles. The molecule has 6 heteroatoms. The molecule has 0 fully saturated rings. The number of carbonyl (C=O) groups excluding carboxylic acids is 1. The van der Waals surface area contributed by atoms with Crippen molar-refractivity contribution in [3.63, 3.8) is 0 Å². The van der Waals surface area contributed by atoms with E-state index >= 15 is 0 Å².